The molecule has 5 atom stereocenters. The van der Waals surface area contributed by atoms with Crippen LogP contribution in [0.15, 0.2) is 54.7 Å². The first-order chi connectivity index (χ1) is 32.0. The molecule has 1 saturated carbocycles. The van der Waals surface area contributed by atoms with E-state index >= 15 is 0 Å². The third-order valence-corrected chi connectivity index (χ3v) is 13.9. The van der Waals surface area contributed by atoms with Crippen molar-refractivity contribution in [3.63, 3.8) is 0 Å². The Kier molecular flexibility index (Phi) is 13.8. The van der Waals surface area contributed by atoms with Crippen LogP contribution in [0.1, 0.15) is 90.2 Å². The molecule has 4 amide bonds. The molecule has 3 aliphatic heterocycles. The number of nitrogens with one attached hydrogen (secondary N) is 4. The van der Waals surface area contributed by atoms with Crippen molar-refractivity contribution in [2.24, 2.45) is 17.3 Å². The molecule has 16 nitrogen and oxygen atoms in total. The van der Waals surface area contributed by atoms with Gasteiger partial charge in [-0.05, 0) is 111 Å². The van der Waals surface area contributed by atoms with Gasteiger partial charge in [0.05, 0.1) is 30.1 Å². The fourth-order valence-electron chi connectivity index (χ4n) is 10.2. The number of rotatable bonds is 11. The van der Waals surface area contributed by atoms with Crippen molar-refractivity contribution in [2.75, 3.05) is 33.9 Å². The number of hydrazine groups is 1. The van der Waals surface area contributed by atoms with Gasteiger partial charge in [-0.2, -0.15) is 0 Å². The van der Waals surface area contributed by atoms with Crippen LogP contribution in [0, 0.1) is 17.3 Å². The van der Waals surface area contributed by atoms with E-state index in [-0.39, 0.29) is 67.2 Å². The average Bonchev–Trinajstić information content (AvgIpc) is 4.11. The van der Waals surface area contributed by atoms with Crippen molar-refractivity contribution in [2.45, 2.75) is 123 Å². The molecule has 3 fully saturated rings. The van der Waals surface area contributed by atoms with Gasteiger partial charge in [0, 0.05) is 80.3 Å². The lowest BCUT2D eigenvalue weighted by molar-refractivity contribution is -0.155. The molecule has 2 aromatic carbocycles. The van der Waals surface area contributed by atoms with E-state index in [0.717, 1.165) is 44.5 Å². The lowest BCUT2D eigenvalue weighted by Crippen LogP contribution is -2.62. The summed E-state index contributed by atoms with van der Waals surface area (Å²) in [5.74, 6) is -2.39. The fourth-order valence-corrected chi connectivity index (χ4v) is 10.2. The number of ether oxygens (including phenoxy) is 2. The van der Waals surface area contributed by atoms with Gasteiger partial charge < -0.3 is 40.0 Å². The smallest absolute Gasteiger partial charge is 0.324 e. The Balaban J connectivity index is 1.16. The van der Waals surface area contributed by atoms with Gasteiger partial charge in [-0.3, -0.25) is 34.0 Å². The fraction of sp³-hybridized carbons (Fsp3) is 0.529. The predicted octanol–water partition coefficient (Wildman–Crippen LogP) is 4.80. The molecule has 6 bridgehead atoms. The number of phenolic OH excluding ortho intramolecular Hbond substituents is 1. The van der Waals surface area contributed by atoms with E-state index in [1.54, 1.807) is 32.5 Å². The van der Waals surface area contributed by atoms with Crippen LogP contribution in [-0.4, -0.2) is 118 Å². The van der Waals surface area contributed by atoms with E-state index in [2.05, 4.69) is 64.9 Å². The van der Waals surface area contributed by atoms with Gasteiger partial charge in [-0.15, -0.1) is 0 Å². The number of fused-ring (bicyclic) bond motifs is 6. The molecule has 0 radical (unpaired) electrons. The number of methoxy groups -OCH3 is 1. The van der Waals surface area contributed by atoms with Gasteiger partial charge in [0.25, 0.3) is 5.91 Å². The maximum atomic E-state index is 14.7. The van der Waals surface area contributed by atoms with Crippen molar-refractivity contribution in [3.05, 3.63) is 71.5 Å². The van der Waals surface area contributed by atoms with Crippen molar-refractivity contribution in [1.29, 1.82) is 0 Å². The molecule has 5 N–H and O–H groups in total. The Morgan fingerprint density at radius 2 is 1.82 bits per heavy atom. The van der Waals surface area contributed by atoms with Crippen molar-refractivity contribution >= 4 is 40.5 Å². The molecule has 0 spiro atoms. The second kappa shape index (κ2) is 19.4. The number of phenols is 1. The summed E-state index contributed by atoms with van der Waals surface area (Å²) < 4.78 is 14.2. The molecule has 1 unspecified atom stereocenters. The van der Waals surface area contributed by atoms with Gasteiger partial charge in [0.1, 0.15) is 23.9 Å². The quantitative estimate of drug-likeness (QED) is 0.102. The molecule has 2 aromatic heterocycles. The molecule has 8 rings (SSSR count). The first-order valence-electron chi connectivity index (χ1n) is 23.8. The predicted molar refractivity (Wildman–Crippen MR) is 253 cm³/mol. The third-order valence-electron chi connectivity index (χ3n) is 13.9. The SMILES string of the molecule is CCn1c(-c2cccnc2[C@H](C)OC)c2c3cc(ccc31)-c1cc(O)cc(c1)C[C@H](NC(=O)C(C(C)C)N(C)C(=O)[C@H]1C[C@H](NC(=O)[C@H]3CN3)C1)C(=O)N1CCC[C@H](N1)C(=O)OCC(C)(C)C2. The zero-order chi connectivity index (χ0) is 47.9. The normalized spacial score (nSPS) is 23.7. The number of cyclic esters (lactones) is 1. The van der Waals surface area contributed by atoms with Gasteiger partial charge in [0.15, 0.2) is 0 Å². The number of nitrogens with zero attached hydrogens (tertiary/aromatic N) is 4. The first-order valence-corrected chi connectivity index (χ1v) is 23.8. The largest absolute Gasteiger partial charge is 0.508 e. The molecular formula is C51H66N8O8. The number of esters is 1. The Hall–Kier alpha value is -5.84. The van der Waals surface area contributed by atoms with E-state index < -0.39 is 41.3 Å². The summed E-state index contributed by atoms with van der Waals surface area (Å²) in [6, 6.07) is 12.3. The zero-order valence-electron chi connectivity index (χ0n) is 40.0. The summed E-state index contributed by atoms with van der Waals surface area (Å²) in [6.07, 6.45) is 3.96. The number of carbonyl (C=O) groups excluding carboxylic acids is 5. The van der Waals surface area contributed by atoms with Crippen molar-refractivity contribution in [1.82, 2.24) is 40.8 Å². The van der Waals surface area contributed by atoms with E-state index in [1.165, 1.54) is 9.91 Å². The number of aromatic hydroxyl groups is 1. The highest BCUT2D eigenvalue weighted by atomic mass is 16.5. The van der Waals surface area contributed by atoms with Crippen LogP contribution < -0.4 is 21.4 Å². The molecule has 4 aromatic rings. The van der Waals surface area contributed by atoms with E-state index in [4.69, 9.17) is 14.5 Å². The Morgan fingerprint density at radius 3 is 2.52 bits per heavy atom. The maximum Gasteiger partial charge on any atom is 0.324 e. The van der Waals surface area contributed by atoms with Gasteiger partial charge >= 0.3 is 5.97 Å². The highest BCUT2D eigenvalue weighted by Gasteiger charge is 2.43. The Bertz CT molecular complexity index is 2540. The molecule has 4 aliphatic rings. The summed E-state index contributed by atoms with van der Waals surface area (Å²) in [7, 11) is 3.28. The highest BCUT2D eigenvalue weighted by molar-refractivity contribution is 5.96. The molecule has 16 heteroatoms. The standard InChI is InChI=1S/C51H66N8O8/c1-9-58-42-15-14-31-24-37(42)38(45(58)36-12-10-16-52-43(36)29(4)66-8)25-51(5,6)27-67-50(65)39-13-11-17-59(56-39)49(64)40(20-30-18-32(31)23-35(60)19-30)55-47(62)44(28(2)3)57(7)48(63)33-21-34(22-33)54-46(61)41-26-53-41/h10,12,14-16,18-19,23-24,28-29,33-34,39-41,44,53,56,60H,9,11,13,17,20-22,25-27H2,1-8H3,(H,54,61)(H,55,62)/t29-,33-,34-,39-,40-,41+,44?/m0/s1. The molecule has 1 aliphatic carbocycles. The topological polar surface area (TPSA) is 206 Å². The number of aryl methyl sites for hydroxylation is 1. The monoisotopic (exact) mass is 919 g/mol. The number of aromatic nitrogens is 2. The number of hydrogen-bond donors (Lipinski definition) is 5. The van der Waals surface area contributed by atoms with E-state index in [9.17, 15) is 29.1 Å². The lowest BCUT2D eigenvalue weighted by atomic mass is 9.78. The molecule has 2 saturated heterocycles. The van der Waals surface area contributed by atoms with Crippen LogP contribution in [-0.2, 0) is 52.8 Å². The lowest BCUT2D eigenvalue weighted by Gasteiger charge is -2.40. The Morgan fingerprint density at radius 1 is 1.06 bits per heavy atom. The third kappa shape index (κ3) is 10.1. The van der Waals surface area contributed by atoms with E-state index in [1.807, 2.05) is 39.0 Å². The maximum absolute atomic E-state index is 14.7. The molecular weight excluding hydrogens is 853 g/mol. The second-order valence-electron chi connectivity index (χ2n) is 20.0. The van der Waals surface area contributed by atoms with Crippen LogP contribution >= 0.6 is 0 Å². The van der Waals surface area contributed by atoms with Crippen LogP contribution in [0.2, 0.25) is 0 Å². The Labute approximate surface area is 392 Å². The molecule has 358 valence electrons. The van der Waals surface area contributed by atoms with E-state index in [0.29, 0.717) is 50.8 Å². The summed E-state index contributed by atoms with van der Waals surface area (Å²) in [5, 5.41) is 22.7. The van der Waals surface area contributed by atoms with Crippen molar-refractivity contribution < 1.29 is 38.6 Å². The molecule has 67 heavy (non-hydrogen) atoms. The number of amides is 4. The van der Waals surface area contributed by atoms with Gasteiger partial charge in [-0.25, -0.2) is 5.43 Å². The van der Waals surface area contributed by atoms with Crippen LogP contribution in [0.25, 0.3) is 33.3 Å². The average molecular weight is 919 g/mol. The van der Waals surface area contributed by atoms with Crippen LogP contribution in [0.4, 0.5) is 0 Å². The molecule has 5 heterocycles. The summed E-state index contributed by atoms with van der Waals surface area (Å²) >= 11 is 0. The number of likely N-dealkylation sites (N-methyl/N-ethyl adjacent to an activating group) is 1. The van der Waals surface area contributed by atoms with Crippen LogP contribution in [0.3, 0.4) is 0 Å². The summed E-state index contributed by atoms with van der Waals surface area (Å²) in [4.78, 5) is 75.5. The first kappa shape index (κ1) is 47.6. The summed E-state index contributed by atoms with van der Waals surface area (Å²) in [6.45, 7) is 13.7. The second-order valence-corrected chi connectivity index (χ2v) is 20.0. The number of carbonyl (C=O) groups is 5. The highest BCUT2D eigenvalue weighted by Crippen LogP contribution is 2.42. The number of hydrogen-bond acceptors (Lipinski definition) is 11. The minimum atomic E-state index is -1.15. The van der Waals surface area contributed by atoms with Crippen LogP contribution in [0.5, 0.6) is 5.75 Å². The minimum Gasteiger partial charge on any atom is -0.508 e. The number of pyridine rings is 1. The summed E-state index contributed by atoms with van der Waals surface area (Å²) in [5.41, 5.74) is 9.58. The zero-order valence-corrected chi connectivity index (χ0v) is 40.0. The van der Waals surface area contributed by atoms with Gasteiger partial charge in [0.2, 0.25) is 17.7 Å². The minimum absolute atomic E-state index is 0.00110. The van der Waals surface area contributed by atoms with Gasteiger partial charge in [-0.1, -0.05) is 39.8 Å². The number of benzene rings is 2. The van der Waals surface area contributed by atoms with Crippen molar-refractivity contribution in [3.8, 4) is 28.1 Å².